The summed E-state index contributed by atoms with van der Waals surface area (Å²) in [6, 6.07) is 13.9. The van der Waals surface area contributed by atoms with E-state index in [0.717, 1.165) is 24.2 Å². The molecule has 1 aliphatic heterocycles. The number of nitrogens with zero attached hydrogens (tertiary/aromatic N) is 1. The number of anilines is 2. The average molecular weight is 266 g/mol. The molecule has 0 saturated heterocycles. The Morgan fingerprint density at radius 1 is 1.20 bits per heavy atom. The molecule has 20 heavy (non-hydrogen) atoms. The summed E-state index contributed by atoms with van der Waals surface area (Å²) in [5.41, 5.74) is 11.0. The molecule has 0 bridgehead atoms. The number of amides is 1. The maximum absolute atomic E-state index is 12.5. The molecule has 0 atom stereocenters. The molecule has 0 saturated carbocycles. The number of carbonyl (C=O) groups is 1. The molecule has 2 aromatic carbocycles. The number of hydrogen-bond donors (Lipinski definition) is 1. The summed E-state index contributed by atoms with van der Waals surface area (Å²) >= 11 is 0. The molecule has 1 aliphatic rings. The van der Waals surface area contributed by atoms with Crippen molar-refractivity contribution in [2.75, 3.05) is 17.2 Å². The van der Waals surface area contributed by atoms with Crippen LogP contribution in [0.3, 0.4) is 0 Å². The van der Waals surface area contributed by atoms with E-state index < -0.39 is 0 Å². The quantitative estimate of drug-likeness (QED) is 0.849. The largest absolute Gasteiger partial charge is 0.399 e. The summed E-state index contributed by atoms with van der Waals surface area (Å²) in [5, 5.41) is 0. The molecule has 1 amide bonds. The lowest BCUT2D eigenvalue weighted by atomic mass is 10.1. The van der Waals surface area contributed by atoms with Crippen LogP contribution in [-0.2, 0) is 17.6 Å². The Hall–Kier alpha value is -2.29. The molecule has 0 unspecified atom stereocenters. The molecule has 3 nitrogen and oxygen atoms in total. The van der Waals surface area contributed by atoms with Crippen LogP contribution in [0.1, 0.15) is 16.7 Å². The lowest BCUT2D eigenvalue weighted by Crippen LogP contribution is -2.30. The zero-order valence-electron chi connectivity index (χ0n) is 11.6. The molecular formula is C17H18N2O. The molecule has 1 heterocycles. The van der Waals surface area contributed by atoms with E-state index in [1.165, 1.54) is 11.1 Å². The Morgan fingerprint density at radius 2 is 1.95 bits per heavy atom. The minimum atomic E-state index is 0.137. The zero-order valence-corrected chi connectivity index (χ0v) is 11.6. The maximum Gasteiger partial charge on any atom is 0.231 e. The molecule has 2 aromatic rings. The van der Waals surface area contributed by atoms with Gasteiger partial charge < -0.3 is 10.6 Å². The first-order chi connectivity index (χ1) is 9.63. The van der Waals surface area contributed by atoms with Crippen molar-refractivity contribution in [3.63, 3.8) is 0 Å². The number of nitrogen functional groups attached to an aromatic ring is 1. The number of nitrogens with two attached hydrogens (primary N) is 1. The Balaban J connectivity index is 1.80. The highest BCUT2D eigenvalue weighted by molar-refractivity contribution is 5.97. The smallest absolute Gasteiger partial charge is 0.231 e. The molecule has 3 rings (SSSR count). The van der Waals surface area contributed by atoms with Gasteiger partial charge in [-0.05, 0) is 36.6 Å². The number of hydrogen-bond acceptors (Lipinski definition) is 2. The molecule has 0 spiro atoms. The minimum absolute atomic E-state index is 0.137. The van der Waals surface area contributed by atoms with E-state index >= 15 is 0 Å². The second-order valence-electron chi connectivity index (χ2n) is 5.35. The number of carbonyl (C=O) groups excluding carboxylic acids is 1. The van der Waals surface area contributed by atoms with E-state index in [9.17, 15) is 4.79 Å². The third-order valence-corrected chi connectivity index (χ3v) is 3.78. The molecule has 3 heteroatoms. The highest BCUT2D eigenvalue weighted by Crippen LogP contribution is 2.30. The molecule has 0 radical (unpaired) electrons. The second-order valence-corrected chi connectivity index (χ2v) is 5.35. The van der Waals surface area contributed by atoms with Crippen LogP contribution in [0.25, 0.3) is 0 Å². The summed E-state index contributed by atoms with van der Waals surface area (Å²) < 4.78 is 0. The van der Waals surface area contributed by atoms with Gasteiger partial charge in [-0.2, -0.15) is 0 Å². The van der Waals surface area contributed by atoms with Crippen molar-refractivity contribution in [1.82, 2.24) is 0 Å². The minimum Gasteiger partial charge on any atom is -0.399 e. The normalized spacial score (nSPS) is 13.3. The van der Waals surface area contributed by atoms with Gasteiger partial charge in [0.1, 0.15) is 0 Å². The fraction of sp³-hybridized carbons (Fsp3) is 0.235. The number of aryl methyl sites for hydroxylation is 1. The van der Waals surface area contributed by atoms with Gasteiger partial charge >= 0.3 is 0 Å². The van der Waals surface area contributed by atoms with E-state index in [0.29, 0.717) is 12.1 Å². The van der Waals surface area contributed by atoms with Gasteiger partial charge in [0, 0.05) is 17.9 Å². The van der Waals surface area contributed by atoms with Gasteiger partial charge in [0.2, 0.25) is 5.91 Å². The summed E-state index contributed by atoms with van der Waals surface area (Å²) in [6.45, 7) is 2.80. The van der Waals surface area contributed by atoms with Crippen molar-refractivity contribution < 1.29 is 4.79 Å². The summed E-state index contributed by atoms with van der Waals surface area (Å²) in [6.07, 6.45) is 1.35. The highest BCUT2D eigenvalue weighted by Gasteiger charge is 2.24. The van der Waals surface area contributed by atoms with Crippen molar-refractivity contribution in [2.24, 2.45) is 0 Å². The van der Waals surface area contributed by atoms with E-state index in [1.54, 1.807) is 0 Å². The first-order valence-corrected chi connectivity index (χ1v) is 6.88. The number of benzene rings is 2. The predicted molar refractivity (Wildman–Crippen MR) is 81.8 cm³/mol. The standard InChI is InChI=1S/C17H18N2O/c1-12-2-4-13(5-3-12)10-17(20)19-9-8-14-6-7-15(18)11-16(14)19/h2-7,11H,8-10,18H2,1H3. The molecule has 0 fully saturated rings. The lowest BCUT2D eigenvalue weighted by Gasteiger charge is -2.17. The maximum atomic E-state index is 12.5. The van der Waals surface area contributed by atoms with Gasteiger partial charge in [0.05, 0.1) is 6.42 Å². The van der Waals surface area contributed by atoms with E-state index in [4.69, 9.17) is 5.73 Å². The first kappa shape index (κ1) is 12.7. The second kappa shape index (κ2) is 5.00. The Kier molecular flexibility index (Phi) is 3.18. The van der Waals surface area contributed by atoms with Gasteiger partial charge in [-0.1, -0.05) is 35.9 Å². The number of fused-ring (bicyclic) bond motifs is 1. The van der Waals surface area contributed by atoms with E-state index in [2.05, 4.69) is 0 Å². The fourth-order valence-electron chi connectivity index (χ4n) is 2.63. The first-order valence-electron chi connectivity index (χ1n) is 6.88. The Morgan fingerprint density at radius 3 is 2.70 bits per heavy atom. The molecule has 2 N–H and O–H groups in total. The van der Waals surface area contributed by atoms with Gasteiger partial charge in [-0.15, -0.1) is 0 Å². The Bertz CT molecular complexity index is 647. The van der Waals surface area contributed by atoms with Gasteiger partial charge in [-0.3, -0.25) is 4.79 Å². The molecule has 0 aromatic heterocycles. The lowest BCUT2D eigenvalue weighted by molar-refractivity contribution is -0.117. The molecule has 102 valence electrons. The third kappa shape index (κ3) is 2.39. The topological polar surface area (TPSA) is 46.3 Å². The number of rotatable bonds is 2. The summed E-state index contributed by atoms with van der Waals surface area (Å²) in [5.74, 6) is 0.137. The van der Waals surface area contributed by atoms with Crippen molar-refractivity contribution in [3.8, 4) is 0 Å². The molecule has 0 aliphatic carbocycles. The summed E-state index contributed by atoms with van der Waals surface area (Å²) in [7, 11) is 0. The van der Waals surface area contributed by atoms with E-state index in [1.807, 2.05) is 54.3 Å². The van der Waals surface area contributed by atoms with Crippen LogP contribution in [0.4, 0.5) is 11.4 Å². The average Bonchev–Trinajstić information content (AvgIpc) is 2.84. The zero-order chi connectivity index (χ0) is 14.1. The van der Waals surface area contributed by atoms with Crippen molar-refractivity contribution in [1.29, 1.82) is 0 Å². The van der Waals surface area contributed by atoms with Crippen molar-refractivity contribution in [3.05, 3.63) is 59.2 Å². The predicted octanol–water partition coefficient (Wildman–Crippen LogP) is 2.71. The van der Waals surface area contributed by atoms with Gasteiger partial charge in [0.25, 0.3) is 0 Å². The van der Waals surface area contributed by atoms with Crippen LogP contribution >= 0.6 is 0 Å². The van der Waals surface area contributed by atoms with Crippen LogP contribution in [0.2, 0.25) is 0 Å². The van der Waals surface area contributed by atoms with Crippen LogP contribution < -0.4 is 10.6 Å². The fourth-order valence-corrected chi connectivity index (χ4v) is 2.63. The SMILES string of the molecule is Cc1ccc(CC(=O)N2CCc3ccc(N)cc32)cc1. The van der Waals surface area contributed by atoms with Crippen LogP contribution in [0, 0.1) is 6.92 Å². The summed E-state index contributed by atoms with van der Waals surface area (Å²) in [4.78, 5) is 14.3. The van der Waals surface area contributed by atoms with Gasteiger partial charge in [-0.25, -0.2) is 0 Å². The van der Waals surface area contributed by atoms with E-state index in [-0.39, 0.29) is 5.91 Å². The monoisotopic (exact) mass is 266 g/mol. The van der Waals surface area contributed by atoms with Gasteiger partial charge in [0.15, 0.2) is 0 Å². The Labute approximate surface area is 119 Å². The van der Waals surface area contributed by atoms with Crippen molar-refractivity contribution >= 4 is 17.3 Å². The molecular weight excluding hydrogens is 248 g/mol. The van der Waals surface area contributed by atoms with Crippen LogP contribution in [-0.4, -0.2) is 12.5 Å². The van der Waals surface area contributed by atoms with Crippen LogP contribution in [0.15, 0.2) is 42.5 Å². The van der Waals surface area contributed by atoms with Crippen LogP contribution in [0.5, 0.6) is 0 Å². The third-order valence-electron chi connectivity index (χ3n) is 3.78. The van der Waals surface area contributed by atoms with Crippen molar-refractivity contribution in [2.45, 2.75) is 19.8 Å². The highest BCUT2D eigenvalue weighted by atomic mass is 16.2.